The fourth-order valence-corrected chi connectivity index (χ4v) is 6.23. The Labute approximate surface area is 199 Å². The lowest BCUT2D eigenvalue weighted by Gasteiger charge is -2.35. The topological polar surface area (TPSA) is 61.8 Å². The lowest BCUT2D eigenvalue weighted by atomic mass is 9.78. The van der Waals surface area contributed by atoms with E-state index in [4.69, 9.17) is 14.2 Å². The van der Waals surface area contributed by atoms with E-state index in [-0.39, 0.29) is 47.0 Å². The molecular formula is C26H35F3O5. The number of carbonyl (C=O) groups excluding carboxylic acids is 2. The van der Waals surface area contributed by atoms with Gasteiger partial charge in [-0.1, -0.05) is 57.5 Å². The first-order valence-corrected chi connectivity index (χ1v) is 11.9. The Kier molecular flexibility index (Phi) is 8.00. The van der Waals surface area contributed by atoms with Gasteiger partial charge >= 0.3 is 18.1 Å². The second-order valence-corrected chi connectivity index (χ2v) is 10.0. The average Bonchev–Trinajstić information content (AvgIpc) is 2.98. The summed E-state index contributed by atoms with van der Waals surface area (Å²) in [5.41, 5.74) is -3.50. The molecule has 2 aliphatic rings. The van der Waals surface area contributed by atoms with E-state index in [9.17, 15) is 22.8 Å². The van der Waals surface area contributed by atoms with Crippen LogP contribution in [0.4, 0.5) is 13.2 Å². The van der Waals surface area contributed by atoms with Gasteiger partial charge in [0.2, 0.25) is 0 Å². The Balaban J connectivity index is 1.88. The van der Waals surface area contributed by atoms with Crippen LogP contribution in [-0.2, 0) is 29.4 Å². The second kappa shape index (κ2) is 10.3. The Hall–Kier alpha value is -2.09. The van der Waals surface area contributed by atoms with Crippen molar-refractivity contribution >= 4 is 11.9 Å². The summed E-state index contributed by atoms with van der Waals surface area (Å²) in [7, 11) is 2.26. The first kappa shape index (κ1) is 26.5. The van der Waals surface area contributed by atoms with Crippen LogP contribution < -0.4 is 0 Å². The quantitative estimate of drug-likeness (QED) is 0.498. The van der Waals surface area contributed by atoms with Gasteiger partial charge in [-0.3, -0.25) is 4.79 Å². The van der Waals surface area contributed by atoms with Gasteiger partial charge in [-0.2, -0.15) is 13.2 Å². The van der Waals surface area contributed by atoms with E-state index in [0.717, 1.165) is 26.4 Å². The van der Waals surface area contributed by atoms with E-state index in [1.807, 2.05) is 13.8 Å². The highest BCUT2D eigenvalue weighted by Crippen LogP contribution is 2.52. The van der Waals surface area contributed by atoms with Crippen LogP contribution in [0.2, 0.25) is 0 Å². The van der Waals surface area contributed by atoms with Crippen LogP contribution in [0, 0.1) is 35.5 Å². The van der Waals surface area contributed by atoms with Crippen LogP contribution in [0.25, 0.3) is 0 Å². The summed E-state index contributed by atoms with van der Waals surface area (Å²) in [5, 5.41) is 0. The molecule has 0 bridgehead atoms. The Morgan fingerprint density at radius 2 is 1.65 bits per heavy atom. The Morgan fingerprint density at radius 3 is 2.21 bits per heavy atom. The summed E-state index contributed by atoms with van der Waals surface area (Å²) in [6.07, 6.45) is -2.77. The minimum atomic E-state index is -5.00. The monoisotopic (exact) mass is 484 g/mol. The van der Waals surface area contributed by atoms with Crippen LogP contribution in [-0.4, -0.2) is 38.4 Å². The van der Waals surface area contributed by atoms with Crippen LogP contribution in [0.1, 0.15) is 52.0 Å². The highest BCUT2D eigenvalue weighted by atomic mass is 19.4. The van der Waals surface area contributed by atoms with Gasteiger partial charge in [-0.05, 0) is 42.9 Å². The summed E-state index contributed by atoms with van der Waals surface area (Å²) in [5.74, 6) is -1.45. The van der Waals surface area contributed by atoms with Crippen molar-refractivity contribution in [3.8, 4) is 0 Å². The molecule has 8 heteroatoms. The Bertz CT molecular complexity index is 858. The molecule has 8 atom stereocenters. The molecule has 34 heavy (non-hydrogen) atoms. The molecule has 0 amide bonds. The maximum Gasteiger partial charge on any atom is 0.432 e. The van der Waals surface area contributed by atoms with E-state index in [2.05, 4.69) is 6.92 Å². The maximum absolute atomic E-state index is 14.3. The molecule has 190 valence electrons. The lowest BCUT2D eigenvalue weighted by Crippen LogP contribution is -2.53. The number of alkyl halides is 3. The molecule has 0 N–H and O–H groups in total. The third kappa shape index (κ3) is 4.70. The van der Waals surface area contributed by atoms with E-state index in [0.29, 0.717) is 6.42 Å². The number of halogens is 3. The fraction of sp³-hybridized carbons (Fsp3) is 0.692. The van der Waals surface area contributed by atoms with Crippen LogP contribution >= 0.6 is 0 Å². The van der Waals surface area contributed by atoms with E-state index < -0.39 is 23.9 Å². The number of hydrogen-bond acceptors (Lipinski definition) is 5. The molecule has 5 nitrogen and oxygen atoms in total. The van der Waals surface area contributed by atoms with Crippen molar-refractivity contribution in [3.05, 3.63) is 35.9 Å². The van der Waals surface area contributed by atoms with E-state index in [1.165, 1.54) is 31.4 Å². The molecule has 0 unspecified atom stereocenters. The largest absolute Gasteiger partial charge is 0.469 e. The Morgan fingerprint density at radius 1 is 1.00 bits per heavy atom. The molecule has 1 aromatic rings. The van der Waals surface area contributed by atoms with E-state index in [1.54, 1.807) is 6.07 Å². The maximum atomic E-state index is 14.3. The number of hydrogen-bond donors (Lipinski definition) is 0. The van der Waals surface area contributed by atoms with Gasteiger partial charge in [0, 0.05) is 18.6 Å². The first-order valence-electron chi connectivity index (χ1n) is 11.9. The third-order valence-electron chi connectivity index (χ3n) is 8.20. The minimum absolute atomic E-state index is 0.0765. The van der Waals surface area contributed by atoms with Gasteiger partial charge in [0.15, 0.2) is 0 Å². The number of ether oxygens (including phenoxy) is 3. The second-order valence-electron chi connectivity index (χ2n) is 10.0. The zero-order chi connectivity index (χ0) is 25.3. The van der Waals surface area contributed by atoms with Crippen molar-refractivity contribution in [3.63, 3.8) is 0 Å². The molecule has 2 aliphatic carbocycles. The molecule has 0 spiro atoms. The zero-order valence-corrected chi connectivity index (χ0v) is 20.4. The molecular weight excluding hydrogens is 449 g/mol. The number of carbonyl (C=O) groups is 2. The molecule has 0 aliphatic heterocycles. The fourth-order valence-electron chi connectivity index (χ4n) is 6.23. The van der Waals surface area contributed by atoms with Crippen LogP contribution in [0.15, 0.2) is 30.3 Å². The SMILES string of the molecule is COC(=O)[C@@H](C)[C@H]1CC[C@H](C)[C@H]2[C@@H](C1)[C@@H](C)C[C@H]2OC(=O)[C@](OC)(c1ccccc1)C(F)(F)F. The number of benzene rings is 1. The standard InChI is InChI=1S/C26H35F3O5/c1-15-11-12-18(17(3)23(30)32-4)14-20-16(2)13-21(22(15)20)34-24(31)25(33-5,26(27,28)29)19-9-7-6-8-10-19/h6-10,15-18,20-22H,11-14H2,1-5H3/t15-,16-,17-,18-,20-,21+,22-,25+/m0/s1. The lowest BCUT2D eigenvalue weighted by molar-refractivity contribution is -0.279. The van der Waals surface area contributed by atoms with Crippen LogP contribution in [0.5, 0.6) is 0 Å². The van der Waals surface area contributed by atoms with Gasteiger partial charge in [-0.15, -0.1) is 0 Å². The van der Waals surface area contributed by atoms with Crippen molar-refractivity contribution in [1.29, 1.82) is 0 Å². The molecule has 0 heterocycles. The van der Waals surface area contributed by atoms with Gasteiger partial charge in [0.1, 0.15) is 6.10 Å². The molecule has 2 saturated carbocycles. The van der Waals surface area contributed by atoms with Crippen molar-refractivity contribution in [2.75, 3.05) is 14.2 Å². The average molecular weight is 485 g/mol. The smallest absolute Gasteiger partial charge is 0.432 e. The summed E-state index contributed by atoms with van der Waals surface area (Å²) in [4.78, 5) is 25.4. The first-order chi connectivity index (χ1) is 16.0. The number of fused-ring (bicyclic) bond motifs is 1. The van der Waals surface area contributed by atoms with Crippen molar-refractivity contribution in [2.24, 2.45) is 35.5 Å². The summed E-state index contributed by atoms with van der Waals surface area (Å²) < 4.78 is 58.5. The highest BCUT2D eigenvalue weighted by molar-refractivity contribution is 5.83. The summed E-state index contributed by atoms with van der Waals surface area (Å²) in [6.45, 7) is 5.98. The van der Waals surface area contributed by atoms with Crippen molar-refractivity contribution in [2.45, 2.75) is 64.3 Å². The molecule has 2 fully saturated rings. The van der Waals surface area contributed by atoms with Crippen LogP contribution in [0.3, 0.4) is 0 Å². The predicted molar refractivity (Wildman–Crippen MR) is 120 cm³/mol. The molecule has 1 aromatic carbocycles. The summed E-state index contributed by atoms with van der Waals surface area (Å²) >= 11 is 0. The van der Waals surface area contributed by atoms with Crippen molar-refractivity contribution in [1.82, 2.24) is 0 Å². The van der Waals surface area contributed by atoms with Crippen molar-refractivity contribution < 1.29 is 37.0 Å². The van der Waals surface area contributed by atoms with Gasteiger partial charge in [0.05, 0.1) is 13.0 Å². The van der Waals surface area contributed by atoms with Gasteiger partial charge in [-0.25, -0.2) is 4.79 Å². The summed E-state index contributed by atoms with van der Waals surface area (Å²) in [6, 6.07) is 6.90. The zero-order valence-electron chi connectivity index (χ0n) is 20.4. The molecule has 0 saturated heterocycles. The number of esters is 2. The molecule has 0 aromatic heterocycles. The third-order valence-corrected chi connectivity index (χ3v) is 8.20. The van der Waals surface area contributed by atoms with E-state index >= 15 is 0 Å². The normalized spacial score (nSPS) is 32.1. The minimum Gasteiger partial charge on any atom is -0.469 e. The molecule has 3 rings (SSSR count). The predicted octanol–water partition coefficient (Wildman–Crippen LogP) is 5.52. The van der Waals surface area contributed by atoms with Gasteiger partial charge < -0.3 is 14.2 Å². The van der Waals surface area contributed by atoms with Gasteiger partial charge in [0.25, 0.3) is 5.60 Å². The number of rotatable bonds is 6. The molecule has 0 radical (unpaired) electrons. The number of methoxy groups -OCH3 is 2. The highest BCUT2D eigenvalue weighted by Gasteiger charge is 2.65.